The second-order valence-electron chi connectivity index (χ2n) is 8.11. The number of unbranched alkanes of at least 4 members (excludes halogenated alkanes) is 1. The predicted molar refractivity (Wildman–Crippen MR) is 137 cm³/mol. The predicted octanol–water partition coefficient (Wildman–Crippen LogP) is 5.32. The van der Waals surface area contributed by atoms with E-state index in [2.05, 4.69) is 27.5 Å². The molecule has 12 heteroatoms. The van der Waals surface area contributed by atoms with E-state index in [1.807, 2.05) is 11.5 Å². The number of hydrogen-bond acceptors (Lipinski definition) is 7. The topological polar surface area (TPSA) is 131 Å². The number of rotatable bonds is 12. The van der Waals surface area contributed by atoms with Crippen LogP contribution >= 0.6 is 34.8 Å². The lowest BCUT2D eigenvalue weighted by molar-refractivity contribution is -0.118. The first-order chi connectivity index (χ1) is 16.2. The number of fused-ring (bicyclic) bond motifs is 1. The van der Waals surface area contributed by atoms with Crippen LogP contribution in [0, 0.1) is 0 Å². The number of primary amides is 1. The van der Waals surface area contributed by atoms with Crippen LogP contribution in [0.25, 0.3) is 11.2 Å². The highest BCUT2D eigenvalue weighted by Crippen LogP contribution is 2.38. The fraction of sp³-hybridized carbons (Fsp3) is 0.455. The van der Waals surface area contributed by atoms with Crippen molar-refractivity contribution in [1.29, 1.82) is 0 Å². The molecule has 0 bridgehead atoms. The van der Waals surface area contributed by atoms with Crippen LogP contribution < -0.4 is 16.4 Å². The first-order valence-electron chi connectivity index (χ1n) is 11.1. The van der Waals surface area contributed by atoms with Crippen molar-refractivity contribution in [2.24, 2.45) is 5.73 Å². The van der Waals surface area contributed by atoms with Crippen LogP contribution in [0.1, 0.15) is 52.0 Å². The maximum absolute atomic E-state index is 11.6. The summed E-state index contributed by atoms with van der Waals surface area (Å²) in [6, 6.07) is 2.82. The Morgan fingerprint density at radius 1 is 1.21 bits per heavy atom. The maximum atomic E-state index is 11.6. The first kappa shape index (κ1) is 26.3. The number of carbonyl (C=O) groups excluding carboxylic acids is 1. The Morgan fingerprint density at radius 3 is 2.53 bits per heavy atom. The summed E-state index contributed by atoms with van der Waals surface area (Å²) in [6.45, 7) is 3.85. The molecule has 2 atom stereocenters. The minimum atomic E-state index is -0.377. The SMILES string of the molecule is CCCC[C@@H](CCC(N)=O)n1c(Nc2c(Cl)cc(Cl)cc2Cl)nc2cnc(N[C@@H](C)CO)nc21. The maximum Gasteiger partial charge on any atom is 0.225 e. The summed E-state index contributed by atoms with van der Waals surface area (Å²) in [7, 11) is 0. The van der Waals surface area contributed by atoms with Gasteiger partial charge in [0.15, 0.2) is 5.65 Å². The number of imidazole rings is 1. The molecule has 0 aliphatic heterocycles. The molecule has 1 aromatic carbocycles. The Bertz CT molecular complexity index is 1130. The van der Waals surface area contributed by atoms with Crippen molar-refractivity contribution in [1.82, 2.24) is 19.5 Å². The molecule has 2 heterocycles. The fourth-order valence-corrected chi connectivity index (χ4v) is 4.50. The van der Waals surface area contributed by atoms with Gasteiger partial charge in [0.2, 0.25) is 17.8 Å². The molecule has 3 aromatic rings. The number of aromatic nitrogens is 4. The van der Waals surface area contributed by atoms with Crippen LogP contribution in [-0.2, 0) is 4.79 Å². The molecule has 0 radical (unpaired) electrons. The van der Waals surface area contributed by atoms with Gasteiger partial charge in [-0.25, -0.2) is 9.97 Å². The number of nitrogens with one attached hydrogen (secondary N) is 2. The van der Waals surface area contributed by atoms with Gasteiger partial charge in [0.05, 0.1) is 28.5 Å². The average Bonchev–Trinajstić information content (AvgIpc) is 3.13. The Hall–Kier alpha value is -2.33. The second-order valence-corrected chi connectivity index (χ2v) is 9.36. The zero-order valence-electron chi connectivity index (χ0n) is 19.0. The van der Waals surface area contributed by atoms with E-state index in [0.29, 0.717) is 50.2 Å². The normalized spacial score (nSPS) is 13.1. The molecular formula is C22H28Cl3N7O2. The minimum Gasteiger partial charge on any atom is -0.394 e. The van der Waals surface area contributed by atoms with Crippen molar-refractivity contribution in [2.45, 2.75) is 58.0 Å². The number of hydrogen-bond donors (Lipinski definition) is 4. The summed E-state index contributed by atoms with van der Waals surface area (Å²) < 4.78 is 1.94. The number of nitrogens with two attached hydrogens (primary N) is 1. The van der Waals surface area contributed by atoms with Crippen molar-refractivity contribution in [3.05, 3.63) is 33.4 Å². The summed E-state index contributed by atoms with van der Waals surface area (Å²) in [4.78, 5) is 25.3. The van der Waals surface area contributed by atoms with E-state index < -0.39 is 0 Å². The van der Waals surface area contributed by atoms with Gasteiger partial charge in [-0.1, -0.05) is 54.6 Å². The third kappa shape index (κ3) is 6.41. The van der Waals surface area contributed by atoms with Gasteiger partial charge in [-0.2, -0.15) is 4.98 Å². The van der Waals surface area contributed by atoms with Crippen molar-refractivity contribution in [3.63, 3.8) is 0 Å². The number of amides is 1. The van der Waals surface area contributed by atoms with Gasteiger partial charge >= 0.3 is 0 Å². The third-order valence-corrected chi connectivity index (χ3v) is 6.12. The highest BCUT2D eigenvalue weighted by atomic mass is 35.5. The van der Waals surface area contributed by atoms with E-state index in [1.165, 1.54) is 0 Å². The van der Waals surface area contributed by atoms with E-state index in [-0.39, 0.29) is 31.0 Å². The molecule has 0 spiro atoms. The Balaban J connectivity index is 2.14. The van der Waals surface area contributed by atoms with Gasteiger partial charge in [-0.05, 0) is 31.9 Å². The van der Waals surface area contributed by atoms with Gasteiger partial charge < -0.3 is 21.5 Å². The van der Waals surface area contributed by atoms with Crippen molar-refractivity contribution < 1.29 is 9.90 Å². The summed E-state index contributed by atoms with van der Waals surface area (Å²) in [6.07, 6.45) is 5.03. The highest BCUT2D eigenvalue weighted by molar-refractivity contribution is 6.41. The Morgan fingerprint density at radius 2 is 1.91 bits per heavy atom. The molecule has 0 aliphatic rings. The number of halogens is 3. The molecular weight excluding hydrogens is 501 g/mol. The van der Waals surface area contributed by atoms with Crippen molar-refractivity contribution in [2.75, 3.05) is 17.2 Å². The van der Waals surface area contributed by atoms with Crippen molar-refractivity contribution in [3.8, 4) is 0 Å². The third-order valence-electron chi connectivity index (χ3n) is 5.31. The van der Waals surface area contributed by atoms with E-state index >= 15 is 0 Å². The molecule has 2 aromatic heterocycles. The number of nitrogens with zero attached hydrogens (tertiary/aromatic N) is 4. The van der Waals surface area contributed by atoms with Crippen LogP contribution in [0.3, 0.4) is 0 Å². The summed E-state index contributed by atoms with van der Waals surface area (Å²) in [5.74, 6) is 0.430. The van der Waals surface area contributed by atoms with E-state index in [1.54, 1.807) is 18.3 Å². The van der Waals surface area contributed by atoms with Crippen LogP contribution in [-0.4, -0.2) is 43.2 Å². The summed E-state index contributed by atoms with van der Waals surface area (Å²) in [5.41, 5.74) is 7.03. The number of carbonyl (C=O) groups is 1. The van der Waals surface area contributed by atoms with Crippen molar-refractivity contribution >= 4 is 69.5 Å². The smallest absolute Gasteiger partial charge is 0.225 e. The van der Waals surface area contributed by atoms with E-state index in [0.717, 1.165) is 19.3 Å². The number of anilines is 3. The van der Waals surface area contributed by atoms with Crippen LogP contribution in [0.2, 0.25) is 15.1 Å². The molecule has 0 aliphatic carbocycles. The van der Waals surface area contributed by atoms with Gasteiger partial charge in [-0.15, -0.1) is 0 Å². The molecule has 184 valence electrons. The number of aliphatic hydroxyl groups is 1. The minimum absolute atomic E-state index is 0.0707. The lowest BCUT2D eigenvalue weighted by Crippen LogP contribution is -2.21. The van der Waals surface area contributed by atoms with Gasteiger partial charge in [-0.3, -0.25) is 9.36 Å². The van der Waals surface area contributed by atoms with E-state index in [4.69, 9.17) is 45.5 Å². The van der Waals surface area contributed by atoms with Gasteiger partial charge in [0.25, 0.3) is 0 Å². The van der Waals surface area contributed by atoms with Crippen LogP contribution in [0.5, 0.6) is 0 Å². The van der Waals surface area contributed by atoms with Crippen LogP contribution in [0.4, 0.5) is 17.6 Å². The molecule has 5 N–H and O–H groups in total. The number of aliphatic hydroxyl groups excluding tert-OH is 1. The zero-order chi connectivity index (χ0) is 24.8. The highest BCUT2D eigenvalue weighted by Gasteiger charge is 2.23. The largest absolute Gasteiger partial charge is 0.394 e. The van der Waals surface area contributed by atoms with Crippen LogP contribution in [0.15, 0.2) is 18.3 Å². The zero-order valence-corrected chi connectivity index (χ0v) is 21.3. The first-order valence-corrected chi connectivity index (χ1v) is 12.2. The molecule has 0 fully saturated rings. The van der Waals surface area contributed by atoms with Gasteiger partial charge in [0.1, 0.15) is 5.52 Å². The Labute approximate surface area is 213 Å². The lowest BCUT2D eigenvalue weighted by atomic mass is 10.0. The molecule has 1 amide bonds. The fourth-order valence-electron chi connectivity index (χ4n) is 3.59. The molecule has 34 heavy (non-hydrogen) atoms. The summed E-state index contributed by atoms with van der Waals surface area (Å²) in [5, 5.41) is 16.8. The van der Waals surface area contributed by atoms with Gasteiger partial charge in [0, 0.05) is 23.5 Å². The second kappa shape index (κ2) is 11.9. The Kier molecular flexibility index (Phi) is 9.18. The molecule has 0 saturated carbocycles. The average molecular weight is 529 g/mol. The molecule has 3 rings (SSSR count). The molecule has 0 saturated heterocycles. The standard InChI is InChI=1S/C22H28Cl3N7O2/c1-3-4-5-14(6-7-18(26)34)32-20-17(10-27-21(31-20)28-12(2)11-33)29-22(32)30-19-15(24)8-13(23)9-16(19)25/h8-10,12,14,33H,3-7,11H2,1-2H3,(H2,26,34)(H,29,30)(H,27,28,31)/t12-,14-/m0/s1. The molecule has 9 nitrogen and oxygen atoms in total. The summed E-state index contributed by atoms with van der Waals surface area (Å²) >= 11 is 18.9. The lowest BCUT2D eigenvalue weighted by Gasteiger charge is -2.22. The monoisotopic (exact) mass is 527 g/mol. The quantitative estimate of drug-likeness (QED) is 0.250. The molecule has 0 unspecified atom stereocenters. The van der Waals surface area contributed by atoms with E-state index in [9.17, 15) is 9.90 Å². The number of benzene rings is 1.